The van der Waals surface area contributed by atoms with Crippen LogP contribution in [0.3, 0.4) is 0 Å². The van der Waals surface area contributed by atoms with Crippen LogP contribution in [-0.4, -0.2) is 61.1 Å². The van der Waals surface area contributed by atoms with E-state index in [-0.39, 0.29) is 16.7 Å². The third-order valence-electron chi connectivity index (χ3n) is 5.82. The Hall–Kier alpha value is -2.54. The zero-order valence-electron chi connectivity index (χ0n) is 18.7. The Morgan fingerprint density at radius 2 is 1.76 bits per heavy atom. The molecular weight excluding hydrogens is 466 g/mol. The molecule has 1 aromatic carbocycles. The maximum Gasteiger partial charge on any atom is 0.314 e. The lowest BCUT2D eigenvalue weighted by molar-refractivity contribution is -0.0322. The Morgan fingerprint density at radius 3 is 2.42 bits per heavy atom. The molecule has 2 heterocycles. The normalized spacial score (nSPS) is 19.0. The number of nitrogens with one attached hydrogen (secondary N) is 1. The number of rotatable bonds is 9. The number of anilines is 1. The molecule has 1 N–H and O–H groups in total. The first-order valence-corrected chi connectivity index (χ1v) is 13.7. The second-order valence-electron chi connectivity index (χ2n) is 8.24. The molecule has 0 unspecified atom stereocenters. The van der Waals surface area contributed by atoms with Crippen molar-refractivity contribution in [2.45, 2.75) is 50.1 Å². The predicted molar refractivity (Wildman–Crippen MR) is 124 cm³/mol. The molecule has 0 spiro atoms. The molecule has 0 amide bonds. The molecule has 10 nitrogen and oxygen atoms in total. The number of aryl methyl sites for hydroxylation is 1. The molecule has 0 atom stereocenters. The molecule has 12 heteroatoms. The van der Waals surface area contributed by atoms with Crippen LogP contribution < -0.4 is 4.90 Å². The average Bonchev–Trinajstić information content (AvgIpc) is 3.21. The lowest BCUT2D eigenvalue weighted by Crippen LogP contribution is -2.55. The number of aromatic nitrogens is 3. The fourth-order valence-electron chi connectivity index (χ4n) is 3.89. The van der Waals surface area contributed by atoms with Crippen molar-refractivity contribution in [3.05, 3.63) is 48.4 Å². The largest absolute Gasteiger partial charge is 0.356 e. The summed E-state index contributed by atoms with van der Waals surface area (Å²) in [5.41, 5.74) is 1.60. The molecule has 3 aromatic rings. The van der Waals surface area contributed by atoms with Gasteiger partial charge in [-0.3, -0.25) is 0 Å². The first-order chi connectivity index (χ1) is 15.6. The smallest absolute Gasteiger partial charge is 0.314 e. The van der Waals surface area contributed by atoms with Gasteiger partial charge in [-0.15, -0.1) is 0 Å². The average molecular weight is 494 g/mol. The van der Waals surface area contributed by atoms with Crippen LogP contribution in [0.25, 0.3) is 11.0 Å². The van der Waals surface area contributed by atoms with E-state index >= 15 is 0 Å². The molecule has 1 aliphatic carbocycles. The second kappa shape index (κ2) is 9.01. The van der Waals surface area contributed by atoms with Crippen LogP contribution in [0.15, 0.2) is 47.8 Å². The van der Waals surface area contributed by atoms with E-state index in [1.54, 1.807) is 25.3 Å². The molecule has 1 fully saturated rings. The van der Waals surface area contributed by atoms with Gasteiger partial charge >= 0.3 is 10.1 Å². The zero-order chi connectivity index (χ0) is 23.8. The number of aromatic amines is 1. The van der Waals surface area contributed by atoms with Crippen LogP contribution in [0.4, 0.5) is 5.82 Å². The van der Waals surface area contributed by atoms with Gasteiger partial charge in [0.05, 0.1) is 22.1 Å². The quantitative estimate of drug-likeness (QED) is 0.451. The van der Waals surface area contributed by atoms with Crippen LogP contribution >= 0.6 is 0 Å². The minimum absolute atomic E-state index is 0.0343. The van der Waals surface area contributed by atoms with Crippen molar-refractivity contribution in [3.63, 3.8) is 0 Å². The molecule has 1 aliphatic rings. The van der Waals surface area contributed by atoms with Crippen LogP contribution in [-0.2, 0) is 24.4 Å². The topological polar surface area (TPSA) is 126 Å². The monoisotopic (exact) mass is 493 g/mol. The van der Waals surface area contributed by atoms with Crippen molar-refractivity contribution in [3.8, 4) is 0 Å². The van der Waals surface area contributed by atoms with Crippen LogP contribution in [0.1, 0.15) is 31.7 Å². The van der Waals surface area contributed by atoms with E-state index in [0.29, 0.717) is 29.4 Å². The van der Waals surface area contributed by atoms with Gasteiger partial charge in [-0.05, 0) is 44.4 Å². The van der Waals surface area contributed by atoms with E-state index in [0.717, 1.165) is 16.8 Å². The summed E-state index contributed by atoms with van der Waals surface area (Å²) in [6.45, 7) is 3.55. The predicted octanol–water partition coefficient (Wildman–Crippen LogP) is 2.60. The SMILES string of the molecule is CCCS(=O)(=O)N(OS(=O)(=O)c1ccc(C)cc1)C1CC(N(C)c2ncnc3[nH]ccc23)C1. The van der Waals surface area contributed by atoms with Gasteiger partial charge < -0.3 is 9.88 Å². The maximum absolute atomic E-state index is 12.9. The van der Waals surface area contributed by atoms with Crippen LogP contribution in [0.2, 0.25) is 0 Å². The van der Waals surface area contributed by atoms with Gasteiger partial charge in [0.15, 0.2) is 0 Å². The molecule has 1 saturated carbocycles. The van der Waals surface area contributed by atoms with E-state index in [1.165, 1.54) is 18.5 Å². The standard InChI is InChI=1S/C21H27N5O5S2/c1-4-11-32(27,28)26(31-33(29,30)18-7-5-15(2)6-8-18)17-12-16(13-17)25(3)21-19-9-10-22-20(19)23-14-24-21/h5-10,14,16-17H,4,11-13H2,1-3H3,(H,22,23,24). The summed E-state index contributed by atoms with van der Waals surface area (Å²) >= 11 is 0. The molecule has 0 saturated heterocycles. The van der Waals surface area contributed by atoms with Gasteiger partial charge in [0.2, 0.25) is 10.0 Å². The van der Waals surface area contributed by atoms with E-state index in [1.807, 2.05) is 24.9 Å². The van der Waals surface area contributed by atoms with Gasteiger partial charge in [0.1, 0.15) is 17.8 Å². The van der Waals surface area contributed by atoms with Gasteiger partial charge in [-0.25, -0.2) is 18.4 Å². The highest BCUT2D eigenvalue weighted by Crippen LogP contribution is 2.36. The number of nitrogens with zero attached hydrogens (tertiary/aromatic N) is 4. The number of hydrogen-bond donors (Lipinski definition) is 1. The highest BCUT2D eigenvalue weighted by molar-refractivity contribution is 7.90. The fraction of sp³-hybridized carbons (Fsp3) is 0.429. The minimum Gasteiger partial charge on any atom is -0.356 e. The van der Waals surface area contributed by atoms with E-state index < -0.39 is 26.2 Å². The summed E-state index contributed by atoms with van der Waals surface area (Å²) < 4.78 is 57.5. The van der Waals surface area contributed by atoms with Crippen molar-refractivity contribution in [1.82, 2.24) is 19.4 Å². The number of benzene rings is 1. The number of fused-ring (bicyclic) bond motifs is 1. The molecule has 4 rings (SSSR count). The van der Waals surface area contributed by atoms with E-state index in [2.05, 4.69) is 15.0 Å². The van der Waals surface area contributed by atoms with Crippen molar-refractivity contribution in [2.75, 3.05) is 17.7 Å². The lowest BCUT2D eigenvalue weighted by Gasteiger charge is -2.44. The highest BCUT2D eigenvalue weighted by Gasteiger charge is 2.44. The van der Waals surface area contributed by atoms with Crippen molar-refractivity contribution >= 4 is 37.0 Å². The van der Waals surface area contributed by atoms with Crippen LogP contribution in [0.5, 0.6) is 0 Å². The first kappa shape index (κ1) is 23.6. The Labute approximate surface area is 193 Å². The summed E-state index contributed by atoms with van der Waals surface area (Å²) in [5, 5.41) is 0.858. The van der Waals surface area contributed by atoms with Gasteiger partial charge in [-0.1, -0.05) is 29.1 Å². The van der Waals surface area contributed by atoms with Crippen molar-refractivity contribution in [2.24, 2.45) is 0 Å². The molecule has 33 heavy (non-hydrogen) atoms. The Balaban J connectivity index is 1.54. The molecule has 0 radical (unpaired) electrons. The number of hydroxylamine groups is 1. The highest BCUT2D eigenvalue weighted by atomic mass is 32.2. The van der Waals surface area contributed by atoms with E-state index in [4.69, 9.17) is 4.28 Å². The van der Waals surface area contributed by atoms with Gasteiger partial charge in [0.25, 0.3) is 0 Å². The third-order valence-corrected chi connectivity index (χ3v) is 8.96. The molecule has 2 aromatic heterocycles. The number of H-pyrrole nitrogens is 1. The zero-order valence-corrected chi connectivity index (χ0v) is 20.3. The Kier molecular flexibility index (Phi) is 6.45. The molecule has 178 valence electrons. The third kappa shape index (κ3) is 4.74. The summed E-state index contributed by atoms with van der Waals surface area (Å²) in [5.74, 6) is 0.518. The maximum atomic E-state index is 12.9. The first-order valence-electron chi connectivity index (χ1n) is 10.7. The number of sulfonamides is 1. The van der Waals surface area contributed by atoms with Crippen LogP contribution in [0, 0.1) is 6.92 Å². The number of hydrogen-bond acceptors (Lipinski definition) is 8. The summed E-state index contributed by atoms with van der Waals surface area (Å²) in [6.07, 6.45) is 4.39. The van der Waals surface area contributed by atoms with Gasteiger partial charge in [-0.2, -0.15) is 12.7 Å². The summed E-state index contributed by atoms with van der Waals surface area (Å²) in [4.78, 5) is 13.5. The Morgan fingerprint density at radius 1 is 1.06 bits per heavy atom. The molecule has 0 bridgehead atoms. The second-order valence-corrected chi connectivity index (χ2v) is 11.7. The molecular formula is C21H27N5O5S2. The van der Waals surface area contributed by atoms with Crippen molar-refractivity contribution in [1.29, 1.82) is 0 Å². The van der Waals surface area contributed by atoms with E-state index in [9.17, 15) is 16.8 Å². The minimum atomic E-state index is -4.30. The fourth-order valence-corrected chi connectivity index (χ4v) is 6.69. The van der Waals surface area contributed by atoms with Gasteiger partial charge in [0, 0.05) is 19.3 Å². The molecule has 0 aliphatic heterocycles. The lowest BCUT2D eigenvalue weighted by atomic mass is 9.86. The Bertz CT molecular complexity index is 1330. The van der Waals surface area contributed by atoms with Crippen molar-refractivity contribution < 1.29 is 21.1 Å². The summed E-state index contributed by atoms with van der Waals surface area (Å²) in [7, 11) is -6.36. The summed E-state index contributed by atoms with van der Waals surface area (Å²) in [6, 6.07) is 7.34.